The molecule has 168 valence electrons. The quantitative estimate of drug-likeness (QED) is 0.640. The summed E-state index contributed by atoms with van der Waals surface area (Å²) in [7, 11) is 0. The molecule has 3 nitrogen and oxygen atoms in total. The molecule has 1 N–H and O–H groups in total. The van der Waals surface area contributed by atoms with Crippen molar-refractivity contribution in [2.24, 2.45) is 45.3 Å². The Morgan fingerprint density at radius 1 is 1.07 bits per heavy atom. The van der Waals surface area contributed by atoms with Crippen LogP contribution < -0.4 is 0 Å². The minimum Gasteiger partial charge on any atom is -0.392 e. The summed E-state index contributed by atoms with van der Waals surface area (Å²) in [5.74, 6) is 1.93. The lowest BCUT2D eigenvalue weighted by Gasteiger charge is -2.65. The van der Waals surface area contributed by atoms with Gasteiger partial charge in [0.05, 0.1) is 6.10 Å². The lowest BCUT2D eigenvalue weighted by molar-refractivity contribution is -0.164. The molecule has 8 atom stereocenters. The Kier molecular flexibility index (Phi) is 5.02. The molecule has 4 rings (SSSR count). The number of Topliss-reactive ketones (excluding diaryl/α,β-unsaturated/α-hetero) is 1. The number of rotatable bonds is 3. The van der Waals surface area contributed by atoms with Crippen LogP contribution in [-0.2, 0) is 9.59 Å². The largest absolute Gasteiger partial charge is 0.392 e. The van der Waals surface area contributed by atoms with E-state index in [4.69, 9.17) is 0 Å². The molecule has 3 fully saturated rings. The smallest absolute Gasteiger partial charge is 0.159 e. The number of aliphatic hydroxyl groups excluding tert-OH is 1. The van der Waals surface area contributed by atoms with Gasteiger partial charge in [0.1, 0.15) is 5.78 Å². The monoisotopic (exact) mass is 414 g/mol. The fourth-order valence-corrected chi connectivity index (χ4v) is 9.04. The van der Waals surface area contributed by atoms with E-state index in [0.29, 0.717) is 30.0 Å². The van der Waals surface area contributed by atoms with Crippen LogP contribution in [-0.4, -0.2) is 22.8 Å². The highest BCUT2D eigenvalue weighted by atomic mass is 16.3. The number of carbonyl (C=O) groups is 2. The van der Waals surface area contributed by atoms with Crippen LogP contribution in [0.1, 0.15) is 93.4 Å². The second-order valence-corrected chi connectivity index (χ2v) is 12.7. The molecule has 0 unspecified atom stereocenters. The number of aliphatic hydroxyl groups is 1. The van der Waals surface area contributed by atoms with Gasteiger partial charge in [0, 0.05) is 17.8 Å². The molecule has 0 amide bonds. The van der Waals surface area contributed by atoms with Crippen molar-refractivity contribution in [2.75, 3.05) is 0 Å². The average molecular weight is 415 g/mol. The van der Waals surface area contributed by atoms with Crippen LogP contribution in [0.3, 0.4) is 0 Å². The molecule has 0 saturated heterocycles. The van der Waals surface area contributed by atoms with E-state index in [-0.39, 0.29) is 39.5 Å². The summed E-state index contributed by atoms with van der Waals surface area (Å²) in [5.41, 5.74) is 0.955. The van der Waals surface area contributed by atoms with Crippen LogP contribution in [0.25, 0.3) is 0 Å². The minimum absolute atomic E-state index is 0.0188. The van der Waals surface area contributed by atoms with E-state index in [1.165, 1.54) is 5.57 Å². The third kappa shape index (κ3) is 2.72. The number of hydrogen-bond acceptors (Lipinski definition) is 3. The number of ketones is 2. The van der Waals surface area contributed by atoms with Crippen LogP contribution in [0, 0.1) is 45.3 Å². The van der Waals surface area contributed by atoms with Crippen molar-refractivity contribution in [3.63, 3.8) is 0 Å². The first-order chi connectivity index (χ1) is 13.8. The van der Waals surface area contributed by atoms with Crippen molar-refractivity contribution in [3.8, 4) is 0 Å². The summed E-state index contributed by atoms with van der Waals surface area (Å²) in [5, 5.41) is 10.7. The maximum absolute atomic E-state index is 13.8. The Morgan fingerprint density at radius 2 is 1.73 bits per heavy atom. The highest BCUT2D eigenvalue weighted by molar-refractivity contribution is 5.95. The summed E-state index contributed by atoms with van der Waals surface area (Å²) in [6, 6.07) is 0. The van der Waals surface area contributed by atoms with Gasteiger partial charge in [-0.15, -0.1) is 0 Å². The van der Waals surface area contributed by atoms with Gasteiger partial charge in [-0.05, 0) is 85.5 Å². The summed E-state index contributed by atoms with van der Waals surface area (Å²) in [6.45, 7) is 15.4. The van der Waals surface area contributed by atoms with Crippen LogP contribution >= 0.6 is 0 Å². The lowest BCUT2D eigenvalue weighted by Crippen LogP contribution is -2.61. The predicted molar refractivity (Wildman–Crippen MR) is 120 cm³/mol. The normalized spacial score (nSPS) is 48.3. The van der Waals surface area contributed by atoms with Crippen molar-refractivity contribution in [1.82, 2.24) is 0 Å². The molecule has 3 saturated carbocycles. The summed E-state index contributed by atoms with van der Waals surface area (Å²) in [6.07, 6.45) is 8.52. The summed E-state index contributed by atoms with van der Waals surface area (Å²) < 4.78 is 0. The molecule has 0 aromatic heterocycles. The van der Waals surface area contributed by atoms with E-state index in [2.05, 4.69) is 41.5 Å². The van der Waals surface area contributed by atoms with Gasteiger partial charge in [0.2, 0.25) is 0 Å². The average Bonchev–Trinajstić information content (AvgIpc) is 2.90. The van der Waals surface area contributed by atoms with E-state index in [9.17, 15) is 14.7 Å². The topological polar surface area (TPSA) is 54.4 Å². The van der Waals surface area contributed by atoms with Crippen molar-refractivity contribution < 1.29 is 14.7 Å². The second kappa shape index (κ2) is 6.77. The fraction of sp³-hybridized carbons (Fsp3) is 0.852. The highest BCUT2D eigenvalue weighted by Crippen LogP contribution is 2.74. The molecule has 0 aromatic carbocycles. The van der Waals surface area contributed by atoms with Crippen LogP contribution in [0.5, 0.6) is 0 Å². The van der Waals surface area contributed by atoms with Crippen LogP contribution in [0.2, 0.25) is 0 Å². The number of fused-ring (bicyclic) bond motifs is 5. The standard InChI is InChI=1S/C27H42O3/c1-16(14-17(2)28)18-10-11-27(7)23-21(29)15-20-19(8-9-22(30)24(20,3)4)25(23,5)12-13-26(18,27)6/h15-16,18-19,22-23,30H,8-14H2,1-7H3/t16-,18-,19-,22+,23-,25+,26-,27+/m1/s1. The Hall–Kier alpha value is -0.960. The number of hydrogen-bond donors (Lipinski definition) is 1. The van der Waals surface area contributed by atoms with E-state index >= 15 is 0 Å². The Bertz CT molecular complexity index is 794. The third-order valence-corrected chi connectivity index (χ3v) is 10.9. The van der Waals surface area contributed by atoms with Gasteiger partial charge < -0.3 is 9.90 Å². The summed E-state index contributed by atoms with van der Waals surface area (Å²) >= 11 is 0. The Morgan fingerprint density at radius 3 is 2.37 bits per heavy atom. The second-order valence-electron chi connectivity index (χ2n) is 12.7. The van der Waals surface area contributed by atoms with Crippen LogP contribution in [0.15, 0.2) is 11.6 Å². The van der Waals surface area contributed by atoms with Gasteiger partial charge >= 0.3 is 0 Å². The van der Waals surface area contributed by atoms with E-state index in [1.54, 1.807) is 6.92 Å². The van der Waals surface area contributed by atoms with E-state index in [0.717, 1.165) is 38.5 Å². The zero-order chi connectivity index (χ0) is 22.3. The first-order valence-corrected chi connectivity index (χ1v) is 12.2. The molecule has 4 aliphatic carbocycles. The lowest BCUT2D eigenvalue weighted by atomic mass is 9.39. The molecule has 0 heterocycles. The molecule has 0 spiro atoms. The minimum atomic E-state index is -0.360. The van der Waals surface area contributed by atoms with Gasteiger partial charge in [-0.25, -0.2) is 0 Å². The molecule has 30 heavy (non-hydrogen) atoms. The first-order valence-electron chi connectivity index (χ1n) is 12.2. The highest BCUT2D eigenvalue weighted by Gasteiger charge is 2.69. The molecule has 0 bridgehead atoms. The Labute approximate surface area is 183 Å². The van der Waals surface area contributed by atoms with E-state index in [1.807, 2.05) is 6.08 Å². The van der Waals surface area contributed by atoms with E-state index < -0.39 is 0 Å². The number of carbonyl (C=O) groups excluding carboxylic acids is 2. The van der Waals surface area contributed by atoms with Gasteiger partial charge in [0.15, 0.2) is 5.78 Å². The predicted octanol–water partition coefficient (Wildman–Crippen LogP) is 5.75. The fourth-order valence-electron chi connectivity index (χ4n) is 9.04. The van der Waals surface area contributed by atoms with Gasteiger partial charge in [-0.3, -0.25) is 4.79 Å². The molecule has 0 radical (unpaired) electrons. The van der Waals surface area contributed by atoms with Gasteiger partial charge in [-0.2, -0.15) is 0 Å². The zero-order valence-electron chi connectivity index (χ0n) is 20.2. The first kappa shape index (κ1) is 22.2. The molecule has 0 aliphatic heterocycles. The van der Waals surface area contributed by atoms with Gasteiger partial charge in [-0.1, -0.05) is 47.1 Å². The molecule has 3 heteroatoms. The van der Waals surface area contributed by atoms with Crippen molar-refractivity contribution in [1.29, 1.82) is 0 Å². The maximum Gasteiger partial charge on any atom is 0.159 e. The van der Waals surface area contributed by atoms with Gasteiger partial charge in [0.25, 0.3) is 0 Å². The molecule has 4 aliphatic rings. The SMILES string of the molecule is CC(=O)C[C@@H](C)[C@H]1CC[C@@]2(C)[C@@H]3C(=O)C=C4[C@@H](CC[C@H](O)C4(C)C)[C@]3(C)CC[C@]12C. The van der Waals surface area contributed by atoms with Crippen molar-refractivity contribution >= 4 is 11.6 Å². The van der Waals surface area contributed by atoms with Crippen molar-refractivity contribution in [2.45, 2.75) is 99.5 Å². The number of allylic oxidation sites excluding steroid dienone is 1. The summed E-state index contributed by atoms with van der Waals surface area (Å²) in [4.78, 5) is 25.7. The third-order valence-electron chi connectivity index (χ3n) is 10.9. The molecular formula is C27H42O3. The zero-order valence-corrected chi connectivity index (χ0v) is 20.2. The molecular weight excluding hydrogens is 372 g/mol. The maximum atomic E-state index is 13.8. The Balaban J connectivity index is 1.76. The van der Waals surface area contributed by atoms with Crippen LogP contribution in [0.4, 0.5) is 0 Å². The van der Waals surface area contributed by atoms with Crippen molar-refractivity contribution in [3.05, 3.63) is 11.6 Å². The molecule has 0 aromatic rings.